The second-order valence-electron chi connectivity index (χ2n) is 8.35. The number of rotatable bonds is 19. The molecule has 0 spiro atoms. The molecule has 0 bridgehead atoms. The number of unbranched alkanes of at least 4 members (excludes halogenated alkanes) is 12. The Kier molecular flexibility index (Phi) is 18.6. The third-order valence-electron chi connectivity index (χ3n) is 6.18. The van der Waals surface area contributed by atoms with Crippen molar-refractivity contribution in [2.24, 2.45) is 0 Å². The van der Waals surface area contributed by atoms with E-state index in [-0.39, 0.29) is 0 Å². The van der Waals surface area contributed by atoms with Crippen LogP contribution in [0.5, 0.6) is 0 Å². The molecule has 0 aliphatic heterocycles. The summed E-state index contributed by atoms with van der Waals surface area (Å²) < 4.78 is 0. The Bertz CT molecular complexity index is 220. The minimum atomic E-state index is -0.944. The van der Waals surface area contributed by atoms with Gasteiger partial charge in [-0.2, -0.15) is 0 Å². The first-order chi connectivity index (χ1) is 11.7. The Labute approximate surface area is 156 Å². The SMILES string of the molecule is CCCCCCCC[PH](CC)(CCCCC)CCCCCCCC. The van der Waals surface area contributed by atoms with Crippen LogP contribution < -0.4 is 0 Å². The third-order valence-corrected chi connectivity index (χ3v) is 11.9. The van der Waals surface area contributed by atoms with Crippen LogP contribution in [0.3, 0.4) is 0 Å². The molecule has 0 heterocycles. The Morgan fingerprint density at radius 3 is 1.04 bits per heavy atom. The van der Waals surface area contributed by atoms with Gasteiger partial charge in [-0.15, -0.1) is 0 Å². The van der Waals surface area contributed by atoms with E-state index < -0.39 is 7.26 Å². The van der Waals surface area contributed by atoms with Crippen molar-refractivity contribution in [3.8, 4) is 0 Å². The van der Waals surface area contributed by atoms with Gasteiger partial charge >= 0.3 is 156 Å². The summed E-state index contributed by atoms with van der Waals surface area (Å²) in [5, 5.41) is 0. The van der Waals surface area contributed by atoms with Crippen LogP contribution in [0.4, 0.5) is 0 Å². The van der Waals surface area contributed by atoms with Crippen molar-refractivity contribution in [3.05, 3.63) is 0 Å². The number of hydrogen-bond donors (Lipinski definition) is 0. The van der Waals surface area contributed by atoms with Crippen molar-refractivity contribution < 1.29 is 0 Å². The maximum absolute atomic E-state index is 2.53. The van der Waals surface area contributed by atoms with Gasteiger partial charge in [-0.05, 0) is 0 Å². The molecule has 0 radical (unpaired) electrons. The van der Waals surface area contributed by atoms with Crippen LogP contribution in [-0.4, -0.2) is 24.6 Å². The summed E-state index contributed by atoms with van der Waals surface area (Å²) in [5.74, 6) is 0. The van der Waals surface area contributed by atoms with Crippen LogP contribution >= 0.6 is 7.26 Å². The van der Waals surface area contributed by atoms with Gasteiger partial charge in [0.1, 0.15) is 0 Å². The van der Waals surface area contributed by atoms with Gasteiger partial charge in [0.05, 0.1) is 0 Å². The molecule has 24 heavy (non-hydrogen) atoms. The average Bonchev–Trinajstić information content (AvgIpc) is 2.60. The molecule has 0 aromatic carbocycles. The molecular weight excluding hydrogens is 307 g/mol. The molecule has 0 N–H and O–H groups in total. The van der Waals surface area contributed by atoms with Gasteiger partial charge in [-0.1, -0.05) is 0 Å². The molecule has 0 amide bonds. The molecule has 1 heteroatoms. The Morgan fingerprint density at radius 2 is 0.667 bits per heavy atom. The molecule has 0 aromatic rings. The monoisotopic (exact) mass is 358 g/mol. The van der Waals surface area contributed by atoms with Crippen LogP contribution in [0.1, 0.15) is 124 Å². The van der Waals surface area contributed by atoms with Crippen LogP contribution in [0.2, 0.25) is 0 Å². The second-order valence-corrected chi connectivity index (χ2v) is 13.6. The molecule has 0 aliphatic rings. The standard InChI is InChI=1S/C23H51P/c1-5-9-12-14-16-19-22-24(8-4,21-18-11-7-3)23-20-17-15-13-10-6-2/h24H,5-23H2,1-4H3. The first kappa shape index (κ1) is 24.4. The minimum absolute atomic E-state index is 0.944. The van der Waals surface area contributed by atoms with E-state index in [1.807, 2.05) is 0 Å². The summed E-state index contributed by atoms with van der Waals surface area (Å²) in [7, 11) is -0.944. The van der Waals surface area contributed by atoms with Gasteiger partial charge in [0, 0.05) is 0 Å². The van der Waals surface area contributed by atoms with Gasteiger partial charge in [-0.3, -0.25) is 0 Å². The molecule has 0 saturated heterocycles. The normalized spacial score (nSPS) is 12.7. The van der Waals surface area contributed by atoms with E-state index in [9.17, 15) is 0 Å². The zero-order chi connectivity index (χ0) is 17.9. The summed E-state index contributed by atoms with van der Waals surface area (Å²) in [4.78, 5) is 0. The Balaban J connectivity index is 4.14. The summed E-state index contributed by atoms with van der Waals surface area (Å²) in [6, 6.07) is 0. The summed E-state index contributed by atoms with van der Waals surface area (Å²) in [6.07, 6.45) is 28.6. The van der Waals surface area contributed by atoms with Gasteiger partial charge in [0.25, 0.3) is 0 Å². The van der Waals surface area contributed by atoms with Crippen molar-refractivity contribution in [1.82, 2.24) is 0 Å². The Hall–Kier alpha value is 0.430. The van der Waals surface area contributed by atoms with Gasteiger partial charge in [-0.25, -0.2) is 0 Å². The molecule has 0 aliphatic carbocycles. The van der Waals surface area contributed by atoms with Crippen molar-refractivity contribution in [2.45, 2.75) is 124 Å². The molecule has 0 nitrogen and oxygen atoms in total. The first-order valence-electron chi connectivity index (χ1n) is 11.7. The van der Waals surface area contributed by atoms with Crippen molar-refractivity contribution in [2.75, 3.05) is 24.6 Å². The van der Waals surface area contributed by atoms with Crippen molar-refractivity contribution in [1.29, 1.82) is 0 Å². The molecule has 0 saturated carbocycles. The van der Waals surface area contributed by atoms with Crippen LogP contribution in [0.25, 0.3) is 0 Å². The zero-order valence-electron chi connectivity index (χ0n) is 17.9. The van der Waals surface area contributed by atoms with Crippen molar-refractivity contribution >= 4 is 7.26 Å². The van der Waals surface area contributed by atoms with E-state index in [2.05, 4.69) is 27.7 Å². The van der Waals surface area contributed by atoms with Crippen LogP contribution in [-0.2, 0) is 0 Å². The molecule has 148 valence electrons. The summed E-state index contributed by atoms with van der Waals surface area (Å²) in [5.41, 5.74) is 0. The quantitative estimate of drug-likeness (QED) is 0.160. The molecule has 0 atom stereocenters. The van der Waals surface area contributed by atoms with E-state index in [0.29, 0.717) is 0 Å². The predicted octanol–water partition coefficient (Wildman–Crippen LogP) is 8.67. The third kappa shape index (κ3) is 13.7. The average molecular weight is 359 g/mol. The van der Waals surface area contributed by atoms with Crippen molar-refractivity contribution in [3.63, 3.8) is 0 Å². The van der Waals surface area contributed by atoms with Gasteiger partial charge in [0.15, 0.2) is 0 Å². The predicted molar refractivity (Wildman–Crippen MR) is 120 cm³/mol. The van der Waals surface area contributed by atoms with E-state index >= 15 is 0 Å². The fourth-order valence-corrected chi connectivity index (χ4v) is 9.03. The van der Waals surface area contributed by atoms with E-state index in [1.54, 1.807) is 37.5 Å². The fraction of sp³-hybridized carbons (Fsp3) is 1.00. The number of hydrogen-bond acceptors (Lipinski definition) is 0. The summed E-state index contributed by atoms with van der Waals surface area (Å²) >= 11 is 0. The van der Waals surface area contributed by atoms with E-state index in [4.69, 9.17) is 0 Å². The fourth-order valence-electron chi connectivity index (χ4n) is 4.22. The van der Waals surface area contributed by atoms with E-state index in [1.165, 1.54) is 83.5 Å². The molecule has 0 unspecified atom stereocenters. The van der Waals surface area contributed by atoms with Crippen LogP contribution in [0, 0.1) is 0 Å². The maximum atomic E-state index is 2.53. The van der Waals surface area contributed by atoms with E-state index in [0.717, 1.165) is 0 Å². The molecule has 0 rings (SSSR count). The van der Waals surface area contributed by atoms with Gasteiger partial charge in [0.2, 0.25) is 0 Å². The molecule has 0 fully saturated rings. The Morgan fingerprint density at radius 1 is 0.375 bits per heavy atom. The summed E-state index contributed by atoms with van der Waals surface area (Å²) in [6.45, 7) is 9.54. The molecule has 0 aromatic heterocycles. The second kappa shape index (κ2) is 18.2. The van der Waals surface area contributed by atoms with Gasteiger partial charge < -0.3 is 0 Å². The molecular formula is C23H51P. The zero-order valence-corrected chi connectivity index (χ0v) is 18.9. The first-order valence-corrected chi connectivity index (χ1v) is 14.6. The van der Waals surface area contributed by atoms with Crippen LogP contribution in [0.15, 0.2) is 0 Å². The topological polar surface area (TPSA) is 0 Å².